The largest absolute Gasteiger partial charge is 0.383 e. The molecule has 0 aliphatic carbocycles. The fraction of sp³-hybridized carbons (Fsp3) is 0.188. The van der Waals surface area contributed by atoms with E-state index >= 15 is 0 Å². The summed E-state index contributed by atoms with van der Waals surface area (Å²) >= 11 is 0. The number of anilines is 1. The Labute approximate surface area is 132 Å². The number of nitrogens with one attached hydrogen (secondary N) is 1. The lowest BCUT2D eigenvalue weighted by atomic mass is 10.2. The Hall–Kier alpha value is -2.93. The monoisotopic (exact) mass is 308 g/mol. The molecule has 0 atom stereocenters. The Bertz CT molecular complexity index is 957. The summed E-state index contributed by atoms with van der Waals surface area (Å²) in [5, 5.41) is 3.40. The molecular formula is C16H16N6O. The highest BCUT2D eigenvalue weighted by molar-refractivity contribution is 5.76. The number of aromatic nitrogens is 5. The molecule has 0 aliphatic heterocycles. The molecule has 0 fully saturated rings. The molecule has 0 saturated heterocycles. The predicted octanol–water partition coefficient (Wildman–Crippen LogP) is 2.10. The van der Waals surface area contributed by atoms with Gasteiger partial charge in [0, 0.05) is 50.2 Å². The van der Waals surface area contributed by atoms with E-state index in [1.54, 1.807) is 25.7 Å². The zero-order valence-electron chi connectivity index (χ0n) is 12.7. The van der Waals surface area contributed by atoms with E-state index in [4.69, 9.17) is 9.72 Å². The second-order valence-electron chi connectivity index (χ2n) is 5.14. The van der Waals surface area contributed by atoms with E-state index in [9.17, 15) is 0 Å². The van der Waals surface area contributed by atoms with E-state index in [0.29, 0.717) is 13.2 Å². The molecule has 0 aromatic carbocycles. The van der Waals surface area contributed by atoms with Crippen LogP contribution in [-0.4, -0.2) is 44.0 Å². The maximum atomic E-state index is 5.13. The van der Waals surface area contributed by atoms with Crippen molar-refractivity contribution in [2.45, 2.75) is 0 Å². The van der Waals surface area contributed by atoms with Gasteiger partial charge in [-0.15, -0.1) is 0 Å². The van der Waals surface area contributed by atoms with Gasteiger partial charge in [-0.3, -0.25) is 9.38 Å². The van der Waals surface area contributed by atoms with Crippen molar-refractivity contribution < 1.29 is 4.74 Å². The summed E-state index contributed by atoms with van der Waals surface area (Å²) in [7, 11) is 1.69. The van der Waals surface area contributed by atoms with Crippen LogP contribution in [0.4, 0.5) is 5.82 Å². The molecule has 0 spiro atoms. The molecule has 1 N–H and O–H groups in total. The summed E-state index contributed by atoms with van der Waals surface area (Å²) in [6.45, 7) is 1.32. The Morgan fingerprint density at radius 2 is 2.13 bits per heavy atom. The normalized spacial score (nSPS) is 11.3. The van der Waals surface area contributed by atoms with E-state index < -0.39 is 0 Å². The number of hydrogen-bond donors (Lipinski definition) is 1. The fourth-order valence-corrected chi connectivity index (χ4v) is 2.61. The van der Waals surface area contributed by atoms with Crippen LogP contribution in [0.2, 0.25) is 0 Å². The zero-order valence-corrected chi connectivity index (χ0v) is 12.7. The van der Waals surface area contributed by atoms with Crippen molar-refractivity contribution in [2.24, 2.45) is 0 Å². The lowest BCUT2D eigenvalue weighted by Gasteiger charge is -2.08. The molecule has 4 aromatic rings. The van der Waals surface area contributed by atoms with E-state index in [0.717, 1.165) is 28.4 Å². The van der Waals surface area contributed by atoms with Crippen LogP contribution in [0.1, 0.15) is 0 Å². The first-order chi connectivity index (χ1) is 11.4. The van der Waals surface area contributed by atoms with E-state index in [1.807, 2.05) is 39.5 Å². The third-order valence-corrected chi connectivity index (χ3v) is 3.69. The number of rotatable bonds is 5. The number of pyridine rings is 1. The molecule has 4 heterocycles. The van der Waals surface area contributed by atoms with Crippen molar-refractivity contribution in [1.82, 2.24) is 23.8 Å². The van der Waals surface area contributed by atoms with Crippen LogP contribution >= 0.6 is 0 Å². The SMILES string of the molecule is COCCNc1c(-c2ccc3nccn3c2)nc2cnccn12. The highest BCUT2D eigenvalue weighted by atomic mass is 16.5. The van der Waals surface area contributed by atoms with Crippen LogP contribution in [0.15, 0.2) is 49.3 Å². The van der Waals surface area contributed by atoms with E-state index in [1.165, 1.54) is 0 Å². The topological polar surface area (TPSA) is 68.8 Å². The maximum absolute atomic E-state index is 5.13. The number of nitrogens with zero attached hydrogens (tertiary/aromatic N) is 5. The van der Waals surface area contributed by atoms with Crippen molar-refractivity contribution in [3.8, 4) is 11.3 Å². The van der Waals surface area contributed by atoms with Gasteiger partial charge in [0.25, 0.3) is 0 Å². The lowest BCUT2D eigenvalue weighted by molar-refractivity contribution is 0.210. The molecule has 0 bridgehead atoms. The fourth-order valence-electron chi connectivity index (χ4n) is 2.61. The smallest absolute Gasteiger partial charge is 0.157 e. The number of fused-ring (bicyclic) bond motifs is 2. The van der Waals surface area contributed by atoms with Gasteiger partial charge in [-0.1, -0.05) is 0 Å². The molecule has 0 aliphatic rings. The van der Waals surface area contributed by atoms with Crippen LogP contribution in [0.5, 0.6) is 0 Å². The number of methoxy groups -OCH3 is 1. The van der Waals surface area contributed by atoms with Crippen LogP contribution in [0.3, 0.4) is 0 Å². The van der Waals surface area contributed by atoms with Crippen LogP contribution < -0.4 is 5.32 Å². The second kappa shape index (κ2) is 5.69. The average Bonchev–Trinajstić information content (AvgIpc) is 3.19. The Balaban J connectivity index is 1.85. The molecule has 23 heavy (non-hydrogen) atoms. The summed E-state index contributed by atoms with van der Waals surface area (Å²) in [5.74, 6) is 0.930. The predicted molar refractivity (Wildman–Crippen MR) is 87.5 cm³/mol. The highest BCUT2D eigenvalue weighted by Gasteiger charge is 2.14. The maximum Gasteiger partial charge on any atom is 0.157 e. The molecule has 0 unspecified atom stereocenters. The Morgan fingerprint density at radius 1 is 1.17 bits per heavy atom. The number of imidazole rings is 2. The van der Waals surface area contributed by atoms with Gasteiger partial charge in [0.1, 0.15) is 17.2 Å². The standard InChI is InChI=1S/C16H16N6O/c1-23-9-6-19-16-15(20-14-10-17-4-8-22(14)16)12-2-3-13-18-5-7-21(13)11-12/h2-5,7-8,10-11,19H,6,9H2,1H3. The average molecular weight is 308 g/mol. The van der Waals surface area contributed by atoms with Crippen LogP contribution in [0, 0.1) is 0 Å². The molecule has 7 heteroatoms. The molecule has 4 rings (SSSR count). The summed E-state index contributed by atoms with van der Waals surface area (Å²) in [6, 6.07) is 4.01. The van der Waals surface area contributed by atoms with Crippen molar-refractivity contribution in [1.29, 1.82) is 0 Å². The highest BCUT2D eigenvalue weighted by Crippen LogP contribution is 2.28. The minimum atomic E-state index is 0.623. The molecule has 0 amide bonds. The molecule has 0 saturated carbocycles. The van der Waals surface area contributed by atoms with Crippen molar-refractivity contribution in [3.05, 3.63) is 49.3 Å². The third-order valence-electron chi connectivity index (χ3n) is 3.69. The van der Waals surface area contributed by atoms with Gasteiger partial charge in [0.2, 0.25) is 0 Å². The summed E-state index contributed by atoms with van der Waals surface area (Å²) < 4.78 is 9.11. The summed E-state index contributed by atoms with van der Waals surface area (Å²) in [4.78, 5) is 13.1. The Morgan fingerprint density at radius 3 is 3.04 bits per heavy atom. The number of hydrogen-bond acceptors (Lipinski definition) is 5. The van der Waals surface area contributed by atoms with Crippen LogP contribution in [0.25, 0.3) is 22.6 Å². The minimum absolute atomic E-state index is 0.623. The Kier molecular flexibility index (Phi) is 3.39. The first kappa shape index (κ1) is 13.7. The third kappa shape index (κ3) is 2.40. The first-order valence-corrected chi connectivity index (χ1v) is 7.35. The van der Waals surface area contributed by atoms with E-state index in [-0.39, 0.29) is 0 Å². The lowest BCUT2D eigenvalue weighted by Crippen LogP contribution is -2.10. The zero-order chi connectivity index (χ0) is 15.6. The molecule has 116 valence electrons. The molecule has 4 aromatic heterocycles. The van der Waals surface area contributed by atoms with Gasteiger partial charge in [0.05, 0.1) is 12.8 Å². The molecular weight excluding hydrogens is 292 g/mol. The van der Waals surface area contributed by atoms with Crippen molar-refractivity contribution >= 4 is 17.1 Å². The minimum Gasteiger partial charge on any atom is -0.383 e. The first-order valence-electron chi connectivity index (χ1n) is 7.35. The van der Waals surface area contributed by atoms with Crippen LogP contribution in [-0.2, 0) is 4.74 Å². The summed E-state index contributed by atoms with van der Waals surface area (Å²) in [6.07, 6.45) is 11.1. The van der Waals surface area contributed by atoms with Gasteiger partial charge >= 0.3 is 0 Å². The summed E-state index contributed by atoms with van der Waals surface area (Å²) in [5.41, 5.74) is 3.60. The van der Waals surface area contributed by atoms with Gasteiger partial charge in [-0.25, -0.2) is 9.97 Å². The van der Waals surface area contributed by atoms with Gasteiger partial charge in [-0.2, -0.15) is 0 Å². The quantitative estimate of drug-likeness (QED) is 0.572. The van der Waals surface area contributed by atoms with Gasteiger partial charge in [-0.05, 0) is 12.1 Å². The van der Waals surface area contributed by atoms with Gasteiger partial charge in [0.15, 0.2) is 5.65 Å². The van der Waals surface area contributed by atoms with Crippen molar-refractivity contribution in [3.63, 3.8) is 0 Å². The van der Waals surface area contributed by atoms with Crippen molar-refractivity contribution in [2.75, 3.05) is 25.6 Å². The molecule has 7 nitrogen and oxygen atoms in total. The molecule has 0 radical (unpaired) electrons. The number of ether oxygens (including phenoxy) is 1. The van der Waals surface area contributed by atoms with Gasteiger partial charge < -0.3 is 14.5 Å². The second-order valence-corrected chi connectivity index (χ2v) is 5.14. The van der Waals surface area contributed by atoms with E-state index in [2.05, 4.69) is 15.3 Å².